The first kappa shape index (κ1) is 14.4. The molecule has 106 valence electrons. The topological polar surface area (TPSA) is 120 Å². The van der Waals surface area contributed by atoms with Crippen LogP contribution in [0.1, 0.15) is 0 Å². The molecule has 0 atom stereocenters. The van der Waals surface area contributed by atoms with E-state index >= 15 is 0 Å². The van der Waals surface area contributed by atoms with E-state index in [2.05, 4.69) is 31.0 Å². The van der Waals surface area contributed by atoms with Crippen molar-refractivity contribution in [3.8, 4) is 0 Å². The average Bonchev–Trinajstić information content (AvgIpc) is 2.69. The van der Waals surface area contributed by atoms with E-state index in [1.807, 2.05) is 0 Å². The summed E-state index contributed by atoms with van der Waals surface area (Å²) in [6, 6.07) is 5.00. The zero-order chi connectivity index (χ0) is 14.9. The number of hydrogen-bond acceptors (Lipinski definition) is 6. The Hall–Kier alpha value is -2.01. The van der Waals surface area contributed by atoms with Gasteiger partial charge in [0.15, 0.2) is 4.60 Å². The number of aromatic nitrogens is 3. The smallest absolute Gasteiger partial charge is 0.278 e. The lowest BCUT2D eigenvalue weighted by Gasteiger charge is -2.07. The van der Waals surface area contributed by atoms with Gasteiger partial charge in [-0.3, -0.25) is 14.8 Å². The molecule has 0 spiro atoms. The van der Waals surface area contributed by atoms with Crippen molar-refractivity contribution in [1.29, 1.82) is 0 Å². The van der Waals surface area contributed by atoms with Crippen LogP contribution in [0, 0.1) is 10.1 Å². The van der Waals surface area contributed by atoms with Crippen molar-refractivity contribution in [2.24, 2.45) is 7.05 Å². The first-order valence-corrected chi connectivity index (χ1v) is 7.41. The molecule has 0 aliphatic carbocycles. The van der Waals surface area contributed by atoms with Crippen LogP contribution in [0.4, 0.5) is 11.4 Å². The molecule has 0 saturated heterocycles. The third kappa shape index (κ3) is 2.77. The van der Waals surface area contributed by atoms with Gasteiger partial charge in [-0.1, -0.05) is 5.21 Å². The second kappa shape index (κ2) is 5.17. The fourth-order valence-electron chi connectivity index (χ4n) is 1.46. The van der Waals surface area contributed by atoms with Crippen LogP contribution < -0.4 is 4.72 Å². The number of sulfonamides is 1. The molecule has 0 fully saturated rings. The van der Waals surface area contributed by atoms with Gasteiger partial charge in [-0.2, -0.15) is 8.42 Å². The molecule has 9 nitrogen and oxygen atoms in total. The number of nitrogens with zero attached hydrogens (tertiary/aromatic N) is 4. The first-order chi connectivity index (χ1) is 9.31. The molecule has 0 radical (unpaired) electrons. The number of nitro benzene ring substituents is 1. The molecule has 2 rings (SSSR count). The molecule has 20 heavy (non-hydrogen) atoms. The monoisotopic (exact) mass is 361 g/mol. The highest BCUT2D eigenvalue weighted by Crippen LogP contribution is 2.22. The Kier molecular flexibility index (Phi) is 3.72. The fourth-order valence-corrected chi connectivity index (χ4v) is 3.62. The van der Waals surface area contributed by atoms with Gasteiger partial charge in [0, 0.05) is 24.9 Å². The van der Waals surface area contributed by atoms with E-state index in [0.717, 1.165) is 4.68 Å². The number of hydrogen-bond donors (Lipinski definition) is 1. The highest BCUT2D eigenvalue weighted by Gasteiger charge is 2.24. The molecule has 0 amide bonds. The van der Waals surface area contributed by atoms with E-state index < -0.39 is 14.9 Å². The number of non-ortho nitro benzene ring substituents is 1. The zero-order valence-electron chi connectivity index (χ0n) is 10.0. The van der Waals surface area contributed by atoms with Crippen molar-refractivity contribution >= 4 is 37.3 Å². The van der Waals surface area contributed by atoms with Crippen LogP contribution in [0.5, 0.6) is 0 Å². The maximum Gasteiger partial charge on any atom is 0.281 e. The van der Waals surface area contributed by atoms with Crippen molar-refractivity contribution < 1.29 is 13.3 Å². The van der Waals surface area contributed by atoms with E-state index in [0.29, 0.717) is 0 Å². The number of benzene rings is 1. The quantitative estimate of drug-likeness (QED) is 0.646. The molecule has 0 aliphatic heterocycles. The largest absolute Gasteiger partial charge is 0.281 e. The summed E-state index contributed by atoms with van der Waals surface area (Å²) in [5, 5.41) is 17.5. The number of rotatable bonds is 4. The van der Waals surface area contributed by atoms with Gasteiger partial charge in [0.25, 0.3) is 15.7 Å². The van der Waals surface area contributed by atoms with Gasteiger partial charge in [-0.05, 0) is 28.1 Å². The molecule has 1 aromatic carbocycles. The van der Waals surface area contributed by atoms with E-state index in [1.165, 1.54) is 31.3 Å². The van der Waals surface area contributed by atoms with Crippen molar-refractivity contribution in [2.45, 2.75) is 5.03 Å². The lowest BCUT2D eigenvalue weighted by atomic mass is 10.3. The van der Waals surface area contributed by atoms with E-state index in [-0.39, 0.29) is 21.0 Å². The summed E-state index contributed by atoms with van der Waals surface area (Å²) in [5.41, 5.74) is 0.0695. The van der Waals surface area contributed by atoms with Crippen molar-refractivity contribution in [2.75, 3.05) is 4.72 Å². The van der Waals surface area contributed by atoms with E-state index in [1.54, 1.807) is 0 Å². The van der Waals surface area contributed by atoms with Crippen molar-refractivity contribution in [3.05, 3.63) is 39.0 Å². The van der Waals surface area contributed by atoms with Gasteiger partial charge in [0.2, 0.25) is 5.03 Å². The van der Waals surface area contributed by atoms with Gasteiger partial charge >= 0.3 is 0 Å². The summed E-state index contributed by atoms with van der Waals surface area (Å²) in [6.07, 6.45) is 0. The van der Waals surface area contributed by atoms with Crippen LogP contribution in [-0.2, 0) is 17.1 Å². The second-order valence-corrected chi connectivity index (χ2v) is 6.07. The molecule has 0 aliphatic rings. The van der Waals surface area contributed by atoms with Crippen molar-refractivity contribution in [3.63, 3.8) is 0 Å². The summed E-state index contributed by atoms with van der Waals surface area (Å²) in [5.74, 6) is 0. The Bertz CT molecular complexity index is 736. The number of anilines is 1. The van der Waals surface area contributed by atoms with Gasteiger partial charge in [0.05, 0.1) is 4.92 Å². The first-order valence-electron chi connectivity index (χ1n) is 5.14. The summed E-state index contributed by atoms with van der Waals surface area (Å²) < 4.78 is 27.8. The van der Waals surface area contributed by atoms with Crippen LogP contribution in [0.3, 0.4) is 0 Å². The Morgan fingerprint density at radius 2 is 1.95 bits per heavy atom. The van der Waals surface area contributed by atoms with Gasteiger partial charge in [-0.25, -0.2) is 4.68 Å². The minimum Gasteiger partial charge on any atom is -0.278 e. The Morgan fingerprint density at radius 3 is 2.40 bits per heavy atom. The zero-order valence-corrected chi connectivity index (χ0v) is 12.4. The fraction of sp³-hybridized carbons (Fsp3) is 0.111. The molecule has 11 heteroatoms. The normalized spacial score (nSPS) is 11.3. The molecule has 1 N–H and O–H groups in total. The number of halogens is 1. The molecule has 2 aromatic rings. The lowest BCUT2D eigenvalue weighted by molar-refractivity contribution is -0.384. The molecule has 0 saturated carbocycles. The van der Waals surface area contributed by atoms with E-state index in [9.17, 15) is 18.5 Å². The van der Waals surface area contributed by atoms with Crippen LogP contribution >= 0.6 is 15.9 Å². The standard InChI is InChI=1S/C9H8BrN5O4S/c1-14-9(8(10)11-13-14)20(18,19)12-6-2-4-7(5-3-6)15(16)17/h2-5,12H,1H3. The molecule has 1 heterocycles. The minimum absolute atomic E-state index is 0.0782. The van der Waals surface area contributed by atoms with Gasteiger partial charge < -0.3 is 0 Å². The predicted octanol–water partition coefficient (Wildman–Crippen LogP) is 1.29. The number of nitrogens with one attached hydrogen (secondary N) is 1. The second-order valence-electron chi connectivity index (χ2n) is 3.72. The van der Waals surface area contributed by atoms with E-state index in [4.69, 9.17) is 0 Å². The van der Waals surface area contributed by atoms with Crippen LogP contribution in [0.15, 0.2) is 33.9 Å². The Labute approximate surface area is 121 Å². The van der Waals surface area contributed by atoms with Gasteiger partial charge in [-0.15, -0.1) is 5.10 Å². The molecule has 0 bridgehead atoms. The third-order valence-electron chi connectivity index (χ3n) is 2.32. The molecular weight excluding hydrogens is 354 g/mol. The molecular formula is C9H8BrN5O4S. The summed E-state index contributed by atoms with van der Waals surface area (Å²) >= 11 is 2.99. The van der Waals surface area contributed by atoms with Crippen LogP contribution in [-0.4, -0.2) is 28.3 Å². The van der Waals surface area contributed by atoms with Crippen LogP contribution in [0.2, 0.25) is 0 Å². The molecule has 0 unspecified atom stereocenters. The summed E-state index contributed by atoms with van der Waals surface area (Å²) in [6.45, 7) is 0. The van der Waals surface area contributed by atoms with Crippen molar-refractivity contribution in [1.82, 2.24) is 15.0 Å². The Morgan fingerprint density at radius 1 is 1.35 bits per heavy atom. The summed E-state index contributed by atoms with van der Waals surface area (Å²) in [4.78, 5) is 9.94. The lowest BCUT2D eigenvalue weighted by Crippen LogP contribution is -2.17. The maximum atomic E-state index is 12.1. The highest BCUT2D eigenvalue weighted by molar-refractivity contribution is 9.10. The maximum absolute atomic E-state index is 12.1. The number of nitro groups is 1. The third-order valence-corrected chi connectivity index (χ3v) is 4.59. The average molecular weight is 362 g/mol. The Balaban J connectivity index is 2.31. The molecule has 1 aromatic heterocycles. The van der Waals surface area contributed by atoms with Gasteiger partial charge in [0.1, 0.15) is 0 Å². The van der Waals surface area contributed by atoms with Crippen LogP contribution in [0.25, 0.3) is 0 Å². The predicted molar refractivity (Wildman–Crippen MR) is 72.6 cm³/mol. The minimum atomic E-state index is -3.89. The number of aryl methyl sites for hydroxylation is 1. The summed E-state index contributed by atoms with van der Waals surface area (Å²) in [7, 11) is -2.46. The highest BCUT2D eigenvalue weighted by atomic mass is 79.9. The SMILES string of the molecule is Cn1nnc(Br)c1S(=O)(=O)Nc1ccc([N+](=O)[O-])cc1.